The molecule has 1 aromatic rings. The third-order valence-electron chi connectivity index (χ3n) is 2.54. The molecule has 0 amide bonds. The highest BCUT2D eigenvalue weighted by Crippen LogP contribution is 2.26. The fourth-order valence-corrected chi connectivity index (χ4v) is 1.56. The van der Waals surface area contributed by atoms with Crippen molar-refractivity contribution in [2.75, 3.05) is 7.05 Å². The van der Waals surface area contributed by atoms with Gasteiger partial charge in [0.2, 0.25) is 0 Å². The summed E-state index contributed by atoms with van der Waals surface area (Å²) in [6, 6.07) is 2.41. The molecular formula is C12H21N3. The van der Waals surface area contributed by atoms with Crippen LogP contribution in [-0.4, -0.2) is 17.2 Å². The summed E-state index contributed by atoms with van der Waals surface area (Å²) in [5.74, 6) is 0. The van der Waals surface area contributed by atoms with Gasteiger partial charge in [0, 0.05) is 12.2 Å². The third kappa shape index (κ3) is 4.38. The van der Waals surface area contributed by atoms with Gasteiger partial charge in [-0.2, -0.15) is 10.2 Å². The van der Waals surface area contributed by atoms with E-state index in [0.717, 1.165) is 6.42 Å². The van der Waals surface area contributed by atoms with Gasteiger partial charge in [-0.1, -0.05) is 20.8 Å². The summed E-state index contributed by atoms with van der Waals surface area (Å²) in [5.41, 5.74) is 1.60. The van der Waals surface area contributed by atoms with Crippen LogP contribution in [0.1, 0.15) is 45.2 Å². The molecule has 1 atom stereocenters. The van der Waals surface area contributed by atoms with Crippen LogP contribution < -0.4 is 5.32 Å². The number of rotatable bonds is 4. The lowest BCUT2D eigenvalue weighted by Gasteiger charge is -2.22. The quantitative estimate of drug-likeness (QED) is 0.824. The fourth-order valence-electron chi connectivity index (χ4n) is 1.56. The number of hydrogen-bond donors (Lipinski definition) is 1. The molecule has 0 radical (unpaired) electrons. The standard InChI is InChI=1S/C12H21N3/c1-12(2,3)7-5-11(13-4)10-6-8-14-15-9-10/h6,8-9,11,13H,5,7H2,1-4H3. The Kier molecular flexibility index (Phi) is 4.21. The van der Waals surface area contributed by atoms with E-state index in [1.807, 2.05) is 19.3 Å². The first kappa shape index (κ1) is 12.1. The summed E-state index contributed by atoms with van der Waals surface area (Å²) in [6.45, 7) is 6.81. The van der Waals surface area contributed by atoms with Crippen LogP contribution in [0, 0.1) is 5.41 Å². The first-order valence-corrected chi connectivity index (χ1v) is 5.47. The lowest BCUT2D eigenvalue weighted by Crippen LogP contribution is -2.19. The Balaban J connectivity index is 2.58. The summed E-state index contributed by atoms with van der Waals surface area (Å²) in [5, 5.41) is 11.0. The summed E-state index contributed by atoms with van der Waals surface area (Å²) < 4.78 is 0. The molecule has 3 heteroatoms. The van der Waals surface area contributed by atoms with Gasteiger partial charge in [-0.15, -0.1) is 0 Å². The van der Waals surface area contributed by atoms with Crippen molar-refractivity contribution in [1.82, 2.24) is 15.5 Å². The first-order chi connectivity index (χ1) is 7.03. The fraction of sp³-hybridized carbons (Fsp3) is 0.667. The van der Waals surface area contributed by atoms with Crippen molar-refractivity contribution in [3.8, 4) is 0 Å². The molecule has 0 aliphatic rings. The molecule has 1 aromatic heterocycles. The zero-order chi connectivity index (χ0) is 11.3. The van der Waals surface area contributed by atoms with Gasteiger partial charge in [0.15, 0.2) is 0 Å². The van der Waals surface area contributed by atoms with Crippen molar-refractivity contribution in [1.29, 1.82) is 0 Å². The van der Waals surface area contributed by atoms with Gasteiger partial charge in [-0.05, 0) is 36.9 Å². The van der Waals surface area contributed by atoms with E-state index in [2.05, 4.69) is 36.3 Å². The molecular weight excluding hydrogens is 186 g/mol. The van der Waals surface area contributed by atoms with Crippen LogP contribution in [0.5, 0.6) is 0 Å². The normalized spacial score (nSPS) is 13.9. The Morgan fingerprint density at radius 3 is 2.53 bits per heavy atom. The van der Waals surface area contributed by atoms with Crippen LogP contribution >= 0.6 is 0 Å². The van der Waals surface area contributed by atoms with E-state index in [0.29, 0.717) is 11.5 Å². The van der Waals surface area contributed by atoms with Gasteiger partial charge >= 0.3 is 0 Å². The van der Waals surface area contributed by atoms with Gasteiger partial charge in [0.05, 0.1) is 6.20 Å². The maximum absolute atomic E-state index is 3.91. The second-order valence-corrected chi connectivity index (χ2v) is 5.12. The predicted molar refractivity (Wildman–Crippen MR) is 62.5 cm³/mol. The van der Waals surface area contributed by atoms with Gasteiger partial charge in [-0.3, -0.25) is 0 Å². The highest BCUT2D eigenvalue weighted by molar-refractivity contribution is 5.11. The molecule has 0 fully saturated rings. The molecule has 0 saturated carbocycles. The van der Waals surface area contributed by atoms with Gasteiger partial charge in [0.1, 0.15) is 0 Å². The number of aromatic nitrogens is 2. The van der Waals surface area contributed by atoms with E-state index in [9.17, 15) is 0 Å². The third-order valence-corrected chi connectivity index (χ3v) is 2.54. The van der Waals surface area contributed by atoms with E-state index in [4.69, 9.17) is 0 Å². The Morgan fingerprint density at radius 2 is 2.07 bits per heavy atom. The largest absolute Gasteiger partial charge is 0.313 e. The van der Waals surface area contributed by atoms with Crippen LogP contribution in [0.3, 0.4) is 0 Å². The van der Waals surface area contributed by atoms with E-state index >= 15 is 0 Å². The van der Waals surface area contributed by atoms with Crippen molar-refractivity contribution < 1.29 is 0 Å². The van der Waals surface area contributed by atoms with E-state index in [1.165, 1.54) is 12.0 Å². The van der Waals surface area contributed by atoms with Crippen LogP contribution in [0.4, 0.5) is 0 Å². The van der Waals surface area contributed by atoms with Gasteiger partial charge in [-0.25, -0.2) is 0 Å². The minimum atomic E-state index is 0.384. The summed E-state index contributed by atoms with van der Waals surface area (Å²) in [6.07, 6.45) is 5.91. The predicted octanol–water partition coefficient (Wildman–Crippen LogP) is 2.56. The van der Waals surface area contributed by atoms with Gasteiger partial charge < -0.3 is 5.32 Å². The Bertz CT molecular complexity index is 277. The van der Waals surface area contributed by atoms with Crippen LogP contribution in [0.15, 0.2) is 18.5 Å². The monoisotopic (exact) mass is 207 g/mol. The number of nitrogens with one attached hydrogen (secondary N) is 1. The van der Waals surface area contributed by atoms with Gasteiger partial charge in [0.25, 0.3) is 0 Å². The SMILES string of the molecule is CNC(CCC(C)(C)C)c1ccnnc1. The van der Waals surface area contributed by atoms with Crippen molar-refractivity contribution in [3.05, 3.63) is 24.0 Å². The molecule has 1 heterocycles. The molecule has 15 heavy (non-hydrogen) atoms. The lowest BCUT2D eigenvalue weighted by atomic mass is 9.87. The average molecular weight is 207 g/mol. The Labute approximate surface area is 92.3 Å². The van der Waals surface area contributed by atoms with E-state index in [-0.39, 0.29) is 0 Å². The summed E-state index contributed by atoms with van der Waals surface area (Å²) in [7, 11) is 1.99. The number of hydrogen-bond acceptors (Lipinski definition) is 3. The smallest absolute Gasteiger partial charge is 0.0544 e. The molecule has 0 aliphatic carbocycles. The van der Waals surface area contributed by atoms with Crippen LogP contribution in [0.25, 0.3) is 0 Å². The second-order valence-electron chi connectivity index (χ2n) is 5.12. The first-order valence-electron chi connectivity index (χ1n) is 5.47. The summed E-state index contributed by atoms with van der Waals surface area (Å²) in [4.78, 5) is 0. The molecule has 0 aliphatic heterocycles. The zero-order valence-corrected chi connectivity index (χ0v) is 10.1. The van der Waals surface area contributed by atoms with Crippen molar-refractivity contribution in [2.24, 2.45) is 5.41 Å². The molecule has 0 bridgehead atoms. The Morgan fingerprint density at radius 1 is 1.33 bits per heavy atom. The van der Waals surface area contributed by atoms with Crippen LogP contribution in [-0.2, 0) is 0 Å². The average Bonchev–Trinajstić information content (AvgIpc) is 2.19. The molecule has 3 nitrogen and oxygen atoms in total. The Hall–Kier alpha value is -0.960. The van der Waals surface area contributed by atoms with Crippen molar-refractivity contribution in [2.45, 2.75) is 39.7 Å². The second kappa shape index (κ2) is 5.21. The molecule has 1 rings (SSSR count). The highest BCUT2D eigenvalue weighted by Gasteiger charge is 2.15. The van der Waals surface area contributed by atoms with E-state index < -0.39 is 0 Å². The van der Waals surface area contributed by atoms with Crippen molar-refractivity contribution >= 4 is 0 Å². The molecule has 0 spiro atoms. The minimum absolute atomic E-state index is 0.384. The molecule has 0 aromatic carbocycles. The molecule has 1 N–H and O–H groups in total. The van der Waals surface area contributed by atoms with Crippen molar-refractivity contribution in [3.63, 3.8) is 0 Å². The maximum atomic E-state index is 3.91. The molecule has 0 saturated heterocycles. The summed E-state index contributed by atoms with van der Waals surface area (Å²) >= 11 is 0. The van der Waals surface area contributed by atoms with E-state index in [1.54, 1.807) is 6.20 Å². The molecule has 84 valence electrons. The van der Waals surface area contributed by atoms with Crippen LogP contribution in [0.2, 0.25) is 0 Å². The maximum Gasteiger partial charge on any atom is 0.0544 e. The zero-order valence-electron chi connectivity index (χ0n) is 10.1. The minimum Gasteiger partial charge on any atom is -0.313 e. The molecule has 1 unspecified atom stereocenters. The lowest BCUT2D eigenvalue weighted by molar-refractivity contribution is 0.337. The highest BCUT2D eigenvalue weighted by atomic mass is 15.1. The topological polar surface area (TPSA) is 37.8 Å². The number of nitrogens with zero attached hydrogens (tertiary/aromatic N) is 2.